The largest absolute Gasteiger partial charge is 0.354 e. The van der Waals surface area contributed by atoms with Crippen LogP contribution in [0, 0.1) is 13.8 Å². The van der Waals surface area contributed by atoms with Gasteiger partial charge in [-0.1, -0.05) is 6.42 Å². The minimum atomic E-state index is -0.0277. The fourth-order valence-corrected chi connectivity index (χ4v) is 4.60. The van der Waals surface area contributed by atoms with Gasteiger partial charge >= 0.3 is 0 Å². The summed E-state index contributed by atoms with van der Waals surface area (Å²) in [5.41, 5.74) is 3.11. The summed E-state index contributed by atoms with van der Waals surface area (Å²) in [4.78, 5) is 20.5. The molecule has 5 nitrogen and oxygen atoms in total. The molecule has 1 amide bonds. The van der Waals surface area contributed by atoms with Gasteiger partial charge in [0.05, 0.1) is 16.7 Å². The fraction of sp³-hybridized carbons (Fsp3) is 0.556. The van der Waals surface area contributed by atoms with Gasteiger partial charge in [-0.25, -0.2) is 4.98 Å². The zero-order valence-corrected chi connectivity index (χ0v) is 15.7. The SMILES string of the molecule is CNC(=O)c1ccc([C@@H]2CCCCN2Cc2sc(C)nc2C)n1C. The van der Waals surface area contributed by atoms with Gasteiger partial charge in [0.2, 0.25) is 0 Å². The number of nitrogens with one attached hydrogen (secondary N) is 1. The molecule has 1 N–H and O–H groups in total. The Morgan fingerprint density at radius 2 is 2.17 bits per heavy atom. The van der Waals surface area contributed by atoms with Crippen LogP contribution in [-0.4, -0.2) is 34.0 Å². The molecule has 3 heterocycles. The molecule has 6 heteroatoms. The normalized spacial score (nSPS) is 18.8. The number of carbonyl (C=O) groups excluding carboxylic acids is 1. The van der Waals surface area contributed by atoms with Crippen molar-refractivity contribution in [1.82, 2.24) is 19.8 Å². The molecule has 130 valence electrons. The van der Waals surface area contributed by atoms with Crippen molar-refractivity contribution in [3.8, 4) is 0 Å². The van der Waals surface area contributed by atoms with Gasteiger partial charge in [0.1, 0.15) is 5.69 Å². The Morgan fingerprint density at radius 3 is 2.83 bits per heavy atom. The predicted molar refractivity (Wildman–Crippen MR) is 97.4 cm³/mol. The van der Waals surface area contributed by atoms with Crippen LogP contribution in [0.1, 0.15) is 57.1 Å². The van der Waals surface area contributed by atoms with Gasteiger partial charge in [0.25, 0.3) is 5.91 Å². The van der Waals surface area contributed by atoms with Crippen molar-refractivity contribution in [2.24, 2.45) is 7.05 Å². The Morgan fingerprint density at radius 1 is 1.38 bits per heavy atom. The smallest absolute Gasteiger partial charge is 0.267 e. The Balaban J connectivity index is 1.86. The van der Waals surface area contributed by atoms with E-state index in [1.165, 1.54) is 23.4 Å². The molecule has 1 fully saturated rings. The monoisotopic (exact) mass is 346 g/mol. The van der Waals surface area contributed by atoms with E-state index in [1.54, 1.807) is 18.4 Å². The first-order chi connectivity index (χ1) is 11.5. The van der Waals surface area contributed by atoms with Crippen molar-refractivity contribution < 1.29 is 4.79 Å². The third kappa shape index (κ3) is 3.26. The van der Waals surface area contributed by atoms with Crippen LogP contribution in [0.2, 0.25) is 0 Å². The van der Waals surface area contributed by atoms with Crippen LogP contribution < -0.4 is 5.32 Å². The maximum Gasteiger partial charge on any atom is 0.267 e. The van der Waals surface area contributed by atoms with E-state index in [9.17, 15) is 4.79 Å². The van der Waals surface area contributed by atoms with E-state index in [1.807, 2.05) is 17.7 Å². The number of aromatic nitrogens is 2. The molecule has 0 saturated carbocycles. The van der Waals surface area contributed by atoms with E-state index in [0.717, 1.165) is 35.9 Å². The average molecular weight is 347 g/mol. The van der Waals surface area contributed by atoms with Gasteiger partial charge in [-0.3, -0.25) is 9.69 Å². The number of hydrogen-bond donors (Lipinski definition) is 1. The Hall–Kier alpha value is -1.66. The standard InChI is InChI=1S/C18H26N4OS/c1-12-17(24-13(2)20-12)11-22-10-6-5-7-15(22)14-8-9-16(21(14)4)18(23)19-3/h8-9,15H,5-7,10-11H2,1-4H3,(H,19,23)/t15-/m0/s1. The minimum Gasteiger partial charge on any atom is -0.354 e. The summed E-state index contributed by atoms with van der Waals surface area (Å²) in [6.07, 6.45) is 3.62. The Labute approximate surface area is 147 Å². The number of amides is 1. The van der Waals surface area contributed by atoms with Crippen molar-refractivity contribution >= 4 is 17.2 Å². The lowest BCUT2D eigenvalue weighted by Crippen LogP contribution is -2.34. The number of piperidine rings is 1. The molecule has 0 unspecified atom stereocenters. The molecule has 0 radical (unpaired) electrons. The molecule has 1 aliphatic heterocycles. The Bertz CT molecular complexity index is 733. The second-order valence-corrected chi connectivity index (χ2v) is 7.79. The van der Waals surface area contributed by atoms with Crippen molar-refractivity contribution in [2.75, 3.05) is 13.6 Å². The molecule has 0 bridgehead atoms. The van der Waals surface area contributed by atoms with E-state index in [-0.39, 0.29) is 5.91 Å². The van der Waals surface area contributed by atoms with E-state index in [2.05, 4.69) is 35.1 Å². The highest BCUT2D eigenvalue weighted by Crippen LogP contribution is 2.34. The minimum absolute atomic E-state index is 0.0277. The number of hydrogen-bond acceptors (Lipinski definition) is 4. The molecule has 0 aliphatic carbocycles. The third-order valence-electron chi connectivity index (χ3n) is 4.92. The van der Waals surface area contributed by atoms with E-state index < -0.39 is 0 Å². The Kier molecular flexibility index (Phi) is 5.06. The summed E-state index contributed by atoms with van der Waals surface area (Å²) >= 11 is 1.80. The molecule has 1 atom stereocenters. The van der Waals surface area contributed by atoms with E-state index in [4.69, 9.17) is 0 Å². The summed E-state index contributed by atoms with van der Waals surface area (Å²) < 4.78 is 2.05. The van der Waals surface area contributed by atoms with Crippen LogP contribution in [-0.2, 0) is 13.6 Å². The molecule has 24 heavy (non-hydrogen) atoms. The number of rotatable bonds is 4. The van der Waals surface area contributed by atoms with Crippen molar-refractivity contribution in [2.45, 2.75) is 45.7 Å². The van der Waals surface area contributed by atoms with Gasteiger partial charge in [-0.05, 0) is 45.4 Å². The lowest BCUT2D eigenvalue weighted by molar-refractivity contribution is 0.0952. The number of thiazole rings is 1. The summed E-state index contributed by atoms with van der Waals surface area (Å²) in [6, 6.07) is 4.41. The zero-order valence-electron chi connectivity index (χ0n) is 14.9. The molecule has 0 spiro atoms. The van der Waals surface area contributed by atoms with Crippen molar-refractivity contribution in [1.29, 1.82) is 0 Å². The first-order valence-corrected chi connectivity index (χ1v) is 9.37. The van der Waals surface area contributed by atoms with E-state index >= 15 is 0 Å². The van der Waals surface area contributed by atoms with Crippen LogP contribution in [0.15, 0.2) is 12.1 Å². The highest BCUT2D eigenvalue weighted by atomic mass is 32.1. The molecule has 1 aliphatic rings. The highest BCUT2D eigenvalue weighted by molar-refractivity contribution is 7.11. The van der Waals surface area contributed by atoms with Crippen molar-refractivity contribution in [3.05, 3.63) is 39.1 Å². The quantitative estimate of drug-likeness (QED) is 0.925. The van der Waals surface area contributed by atoms with Gasteiger partial charge in [-0.15, -0.1) is 11.3 Å². The molecular formula is C18H26N4OS. The van der Waals surface area contributed by atoms with Gasteiger partial charge in [0, 0.05) is 31.2 Å². The maximum absolute atomic E-state index is 12.0. The van der Waals surface area contributed by atoms with Crippen molar-refractivity contribution in [3.63, 3.8) is 0 Å². The van der Waals surface area contributed by atoms with Crippen LogP contribution >= 0.6 is 11.3 Å². The zero-order chi connectivity index (χ0) is 17.3. The second-order valence-electron chi connectivity index (χ2n) is 6.51. The lowest BCUT2D eigenvalue weighted by atomic mass is 9.99. The average Bonchev–Trinajstić information content (AvgIpc) is 3.09. The van der Waals surface area contributed by atoms with Crippen LogP contribution in [0.3, 0.4) is 0 Å². The maximum atomic E-state index is 12.0. The second kappa shape index (κ2) is 7.07. The molecule has 0 aromatic carbocycles. The first-order valence-electron chi connectivity index (χ1n) is 8.56. The lowest BCUT2D eigenvalue weighted by Gasteiger charge is -2.36. The van der Waals surface area contributed by atoms with Gasteiger partial charge in [0.15, 0.2) is 0 Å². The molecule has 2 aromatic heterocycles. The predicted octanol–water partition coefficient (Wildman–Crippen LogP) is 3.19. The van der Waals surface area contributed by atoms with Crippen LogP contribution in [0.5, 0.6) is 0 Å². The first kappa shape index (κ1) is 17.2. The van der Waals surface area contributed by atoms with Gasteiger partial charge in [-0.2, -0.15) is 0 Å². The van der Waals surface area contributed by atoms with Gasteiger partial charge < -0.3 is 9.88 Å². The topological polar surface area (TPSA) is 50.2 Å². The molecule has 1 saturated heterocycles. The number of likely N-dealkylation sites (tertiary alicyclic amines) is 1. The molecule has 3 rings (SSSR count). The number of nitrogens with zero attached hydrogens (tertiary/aromatic N) is 3. The fourth-order valence-electron chi connectivity index (χ4n) is 3.64. The summed E-state index contributed by atoms with van der Waals surface area (Å²) in [5, 5.41) is 3.86. The highest BCUT2D eigenvalue weighted by Gasteiger charge is 2.28. The van der Waals surface area contributed by atoms with Crippen LogP contribution in [0.25, 0.3) is 0 Å². The molecular weight excluding hydrogens is 320 g/mol. The van der Waals surface area contributed by atoms with Crippen LogP contribution in [0.4, 0.5) is 0 Å². The van der Waals surface area contributed by atoms with E-state index in [0.29, 0.717) is 6.04 Å². The molecule has 2 aromatic rings. The number of aryl methyl sites for hydroxylation is 2. The summed E-state index contributed by atoms with van der Waals surface area (Å²) in [5.74, 6) is -0.0277. The summed E-state index contributed by atoms with van der Waals surface area (Å²) in [7, 11) is 3.67. The third-order valence-corrected chi connectivity index (χ3v) is 5.98. The summed E-state index contributed by atoms with van der Waals surface area (Å²) in [6.45, 7) is 6.22. The number of carbonyl (C=O) groups is 1.